The van der Waals surface area contributed by atoms with Crippen LogP contribution in [0.1, 0.15) is 33.5 Å². The SMILES string of the molecule is Cc1ccc(C(=O)Nc2ccc3c(c2)NCCC3)cc1C. The van der Waals surface area contributed by atoms with E-state index in [0.29, 0.717) is 5.56 Å². The Kier molecular flexibility index (Phi) is 3.65. The van der Waals surface area contributed by atoms with Crippen LogP contribution in [0.25, 0.3) is 0 Å². The molecular weight excluding hydrogens is 260 g/mol. The number of fused-ring (bicyclic) bond motifs is 1. The molecule has 0 aromatic heterocycles. The molecule has 0 saturated heterocycles. The summed E-state index contributed by atoms with van der Waals surface area (Å²) in [6.07, 6.45) is 2.27. The molecule has 3 rings (SSSR count). The van der Waals surface area contributed by atoms with Crippen molar-refractivity contribution in [1.82, 2.24) is 0 Å². The van der Waals surface area contributed by atoms with Gasteiger partial charge in [-0.1, -0.05) is 12.1 Å². The average molecular weight is 280 g/mol. The summed E-state index contributed by atoms with van der Waals surface area (Å²) in [4.78, 5) is 12.3. The van der Waals surface area contributed by atoms with E-state index in [9.17, 15) is 4.79 Å². The van der Waals surface area contributed by atoms with Gasteiger partial charge in [0, 0.05) is 23.5 Å². The largest absolute Gasteiger partial charge is 0.385 e. The van der Waals surface area contributed by atoms with Crippen LogP contribution in [0.5, 0.6) is 0 Å². The third-order valence-electron chi connectivity index (χ3n) is 4.08. The van der Waals surface area contributed by atoms with Gasteiger partial charge in [0.2, 0.25) is 0 Å². The number of hydrogen-bond donors (Lipinski definition) is 2. The number of amides is 1. The van der Waals surface area contributed by atoms with Crippen LogP contribution in [0.15, 0.2) is 36.4 Å². The predicted octanol–water partition coefficient (Wildman–Crippen LogP) is 3.91. The normalized spacial score (nSPS) is 13.2. The minimum Gasteiger partial charge on any atom is -0.385 e. The highest BCUT2D eigenvalue weighted by molar-refractivity contribution is 6.04. The highest BCUT2D eigenvalue weighted by atomic mass is 16.1. The summed E-state index contributed by atoms with van der Waals surface area (Å²) in [5.74, 6) is -0.0612. The number of nitrogens with one attached hydrogen (secondary N) is 2. The molecule has 0 atom stereocenters. The maximum Gasteiger partial charge on any atom is 0.255 e. The van der Waals surface area contributed by atoms with Gasteiger partial charge in [-0.05, 0) is 67.6 Å². The van der Waals surface area contributed by atoms with Gasteiger partial charge in [-0.2, -0.15) is 0 Å². The number of hydrogen-bond acceptors (Lipinski definition) is 2. The van der Waals surface area contributed by atoms with Crippen molar-refractivity contribution in [2.24, 2.45) is 0 Å². The number of anilines is 2. The van der Waals surface area contributed by atoms with E-state index in [1.807, 2.05) is 44.2 Å². The van der Waals surface area contributed by atoms with Gasteiger partial charge in [0.05, 0.1) is 0 Å². The van der Waals surface area contributed by atoms with Crippen LogP contribution in [-0.2, 0) is 6.42 Å². The molecule has 21 heavy (non-hydrogen) atoms. The van der Waals surface area contributed by atoms with Crippen molar-refractivity contribution < 1.29 is 4.79 Å². The predicted molar refractivity (Wildman–Crippen MR) is 87.1 cm³/mol. The van der Waals surface area contributed by atoms with Crippen LogP contribution < -0.4 is 10.6 Å². The summed E-state index contributed by atoms with van der Waals surface area (Å²) in [6.45, 7) is 5.07. The van der Waals surface area contributed by atoms with E-state index in [1.165, 1.54) is 17.5 Å². The zero-order valence-electron chi connectivity index (χ0n) is 12.5. The molecule has 2 aromatic rings. The Balaban J connectivity index is 1.79. The lowest BCUT2D eigenvalue weighted by Crippen LogP contribution is -2.15. The van der Waals surface area contributed by atoms with Gasteiger partial charge >= 0.3 is 0 Å². The lowest BCUT2D eigenvalue weighted by molar-refractivity contribution is 0.102. The van der Waals surface area contributed by atoms with E-state index >= 15 is 0 Å². The van der Waals surface area contributed by atoms with E-state index in [0.717, 1.165) is 29.9 Å². The number of carbonyl (C=O) groups excluding carboxylic acids is 1. The highest BCUT2D eigenvalue weighted by Gasteiger charge is 2.11. The smallest absolute Gasteiger partial charge is 0.255 e. The van der Waals surface area contributed by atoms with Gasteiger partial charge < -0.3 is 10.6 Å². The summed E-state index contributed by atoms with van der Waals surface area (Å²) in [6, 6.07) is 11.9. The summed E-state index contributed by atoms with van der Waals surface area (Å²) >= 11 is 0. The van der Waals surface area contributed by atoms with E-state index in [1.54, 1.807) is 0 Å². The molecule has 0 fully saturated rings. The summed E-state index contributed by atoms with van der Waals surface area (Å²) in [7, 11) is 0. The Morgan fingerprint density at radius 3 is 2.76 bits per heavy atom. The van der Waals surface area contributed by atoms with E-state index in [2.05, 4.69) is 16.7 Å². The number of aryl methyl sites for hydroxylation is 3. The second kappa shape index (κ2) is 5.60. The van der Waals surface area contributed by atoms with Crippen LogP contribution in [0.4, 0.5) is 11.4 Å². The molecule has 2 aromatic carbocycles. The molecule has 0 bridgehead atoms. The second-order valence-electron chi connectivity index (χ2n) is 5.66. The first kappa shape index (κ1) is 13.7. The van der Waals surface area contributed by atoms with E-state index in [4.69, 9.17) is 0 Å². The Hall–Kier alpha value is -2.29. The molecule has 3 heteroatoms. The minimum absolute atomic E-state index is 0.0612. The van der Waals surface area contributed by atoms with Crippen LogP contribution in [0.3, 0.4) is 0 Å². The number of rotatable bonds is 2. The van der Waals surface area contributed by atoms with Crippen LogP contribution in [-0.4, -0.2) is 12.5 Å². The molecule has 1 aliphatic rings. The van der Waals surface area contributed by atoms with Crippen molar-refractivity contribution in [3.8, 4) is 0 Å². The van der Waals surface area contributed by atoms with Crippen molar-refractivity contribution in [1.29, 1.82) is 0 Å². The van der Waals surface area contributed by atoms with Gasteiger partial charge in [-0.25, -0.2) is 0 Å². The number of carbonyl (C=O) groups is 1. The van der Waals surface area contributed by atoms with Crippen molar-refractivity contribution in [2.75, 3.05) is 17.2 Å². The topological polar surface area (TPSA) is 41.1 Å². The summed E-state index contributed by atoms with van der Waals surface area (Å²) in [5, 5.41) is 6.36. The molecule has 3 nitrogen and oxygen atoms in total. The van der Waals surface area contributed by atoms with Gasteiger partial charge in [-0.3, -0.25) is 4.79 Å². The zero-order chi connectivity index (χ0) is 14.8. The molecule has 1 aliphatic heterocycles. The zero-order valence-corrected chi connectivity index (χ0v) is 12.5. The number of benzene rings is 2. The molecule has 0 radical (unpaired) electrons. The summed E-state index contributed by atoms with van der Waals surface area (Å²) < 4.78 is 0. The first-order valence-corrected chi connectivity index (χ1v) is 7.39. The molecule has 1 heterocycles. The average Bonchev–Trinajstić information content (AvgIpc) is 2.50. The molecule has 0 spiro atoms. The van der Waals surface area contributed by atoms with Crippen LogP contribution in [0, 0.1) is 13.8 Å². The fourth-order valence-corrected chi connectivity index (χ4v) is 2.62. The van der Waals surface area contributed by atoms with Gasteiger partial charge in [0.15, 0.2) is 0 Å². The Labute approximate surface area is 125 Å². The molecule has 0 saturated carbocycles. The van der Waals surface area contributed by atoms with E-state index in [-0.39, 0.29) is 5.91 Å². The lowest BCUT2D eigenvalue weighted by atomic mass is 10.0. The van der Waals surface area contributed by atoms with Gasteiger partial charge in [-0.15, -0.1) is 0 Å². The fraction of sp³-hybridized carbons (Fsp3) is 0.278. The maximum atomic E-state index is 12.3. The highest BCUT2D eigenvalue weighted by Crippen LogP contribution is 2.25. The van der Waals surface area contributed by atoms with Gasteiger partial charge in [0.25, 0.3) is 5.91 Å². The monoisotopic (exact) mass is 280 g/mol. The standard InChI is InChI=1S/C18H20N2O/c1-12-5-6-15(10-13(12)2)18(21)20-16-8-7-14-4-3-9-19-17(14)11-16/h5-8,10-11,19H,3-4,9H2,1-2H3,(H,20,21). The third-order valence-corrected chi connectivity index (χ3v) is 4.08. The molecule has 0 unspecified atom stereocenters. The quantitative estimate of drug-likeness (QED) is 0.875. The van der Waals surface area contributed by atoms with Crippen LogP contribution >= 0.6 is 0 Å². The first-order chi connectivity index (χ1) is 10.1. The van der Waals surface area contributed by atoms with Crippen molar-refractivity contribution in [2.45, 2.75) is 26.7 Å². The first-order valence-electron chi connectivity index (χ1n) is 7.39. The Morgan fingerprint density at radius 2 is 1.95 bits per heavy atom. The second-order valence-corrected chi connectivity index (χ2v) is 5.66. The summed E-state index contributed by atoms with van der Waals surface area (Å²) in [5.41, 5.74) is 6.33. The fourth-order valence-electron chi connectivity index (χ4n) is 2.62. The van der Waals surface area contributed by atoms with Crippen molar-refractivity contribution >= 4 is 17.3 Å². The molecule has 2 N–H and O–H groups in total. The van der Waals surface area contributed by atoms with Gasteiger partial charge in [0.1, 0.15) is 0 Å². The molecule has 108 valence electrons. The Bertz CT molecular complexity index is 692. The Morgan fingerprint density at radius 1 is 1.10 bits per heavy atom. The molecular formula is C18H20N2O. The van der Waals surface area contributed by atoms with Crippen molar-refractivity contribution in [3.05, 3.63) is 58.7 Å². The maximum absolute atomic E-state index is 12.3. The van der Waals surface area contributed by atoms with E-state index < -0.39 is 0 Å². The molecule has 1 amide bonds. The minimum atomic E-state index is -0.0612. The van der Waals surface area contributed by atoms with Crippen molar-refractivity contribution in [3.63, 3.8) is 0 Å². The van der Waals surface area contributed by atoms with Crippen LogP contribution in [0.2, 0.25) is 0 Å². The lowest BCUT2D eigenvalue weighted by Gasteiger charge is -2.19. The third kappa shape index (κ3) is 2.92. The molecule has 0 aliphatic carbocycles.